The van der Waals surface area contributed by atoms with Gasteiger partial charge in [-0.1, -0.05) is 24.3 Å². The van der Waals surface area contributed by atoms with Gasteiger partial charge in [-0.2, -0.15) is 10.2 Å². The third kappa shape index (κ3) is 2.63. The second-order valence-corrected chi connectivity index (χ2v) is 6.34. The van der Waals surface area contributed by atoms with Gasteiger partial charge in [0.2, 0.25) is 5.88 Å². The van der Waals surface area contributed by atoms with E-state index < -0.39 is 5.92 Å². The zero-order valence-electron chi connectivity index (χ0n) is 15.1. The molecule has 140 valence electrons. The monoisotopic (exact) mass is 374 g/mol. The number of ether oxygens (including phenoxy) is 2. The Labute approximate surface area is 161 Å². The van der Waals surface area contributed by atoms with Gasteiger partial charge in [0.1, 0.15) is 34.7 Å². The molecule has 1 aliphatic heterocycles. The van der Waals surface area contributed by atoms with Crippen LogP contribution in [-0.4, -0.2) is 16.7 Å². The maximum Gasteiger partial charge on any atom is 0.227 e. The molecule has 0 radical (unpaired) electrons. The third-order valence-corrected chi connectivity index (χ3v) is 4.71. The van der Waals surface area contributed by atoms with Gasteiger partial charge in [-0.3, -0.25) is 0 Å². The molecule has 2 aromatic carbocycles. The molecule has 1 aromatic heterocycles. The molecule has 1 unspecified atom stereocenters. The van der Waals surface area contributed by atoms with E-state index in [1.54, 1.807) is 12.1 Å². The van der Waals surface area contributed by atoms with E-state index in [2.05, 4.69) is 4.98 Å². The number of phenols is 1. The Morgan fingerprint density at radius 1 is 1.21 bits per heavy atom. The van der Waals surface area contributed by atoms with Crippen LogP contribution >= 0.6 is 0 Å². The number of hydrogen-bond donors (Lipinski definition) is 3. The minimum atomic E-state index is -0.401. The second-order valence-electron chi connectivity index (χ2n) is 6.34. The average Bonchev–Trinajstić information content (AvgIpc) is 2.67. The van der Waals surface area contributed by atoms with Crippen LogP contribution in [0, 0.1) is 11.3 Å². The van der Waals surface area contributed by atoms with Crippen molar-refractivity contribution in [1.29, 1.82) is 5.26 Å². The number of aromatic nitrogens is 1. The molecule has 4 rings (SSSR count). The Hall–Kier alpha value is -3.92. The van der Waals surface area contributed by atoms with Crippen molar-refractivity contribution in [3.8, 4) is 29.2 Å². The van der Waals surface area contributed by atoms with Crippen LogP contribution in [0.15, 0.2) is 42.5 Å². The molecule has 1 atom stereocenters. The highest BCUT2D eigenvalue weighted by atomic mass is 16.5. The van der Waals surface area contributed by atoms with Crippen LogP contribution < -0.4 is 20.9 Å². The van der Waals surface area contributed by atoms with Gasteiger partial charge in [0.05, 0.1) is 17.9 Å². The molecule has 0 amide bonds. The molecule has 7 heteroatoms. The van der Waals surface area contributed by atoms with Crippen molar-refractivity contribution in [2.75, 3.05) is 18.1 Å². The van der Waals surface area contributed by atoms with Crippen molar-refractivity contribution in [3.63, 3.8) is 0 Å². The predicted molar refractivity (Wildman–Crippen MR) is 105 cm³/mol. The number of nitrogens with two attached hydrogens (primary N) is 2. The number of anilines is 2. The lowest BCUT2D eigenvalue weighted by Crippen LogP contribution is -2.18. The Bertz CT molecular complexity index is 1120. The SMILES string of the molecule is CCOc1ccccc1C1c2ccc(O)cc2Oc2nc(N)c(C#N)c(N)c21. The fourth-order valence-corrected chi connectivity index (χ4v) is 3.53. The fourth-order valence-electron chi connectivity index (χ4n) is 3.53. The number of hydrogen-bond acceptors (Lipinski definition) is 7. The minimum absolute atomic E-state index is 0.000744. The van der Waals surface area contributed by atoms with E-state index in [-0.39, 0.29) is 28.7 Å². The molecule has 0 bridgehead atoms. The van der Waals surface area contributed by atoms with Gasteiger partial charge < -0.3 is 26.0 Å². The summed E-state index contributed by atoms with van der Waals surface area (Å²) in [7, 11) is 0. The first-order valence-electron chi connectivity index (χ1n) is 8.76. The molecule has 0 saturated heterocycles. The molecule has 0 spiro atoms. The molecule has 2 heterocycles. The largest absolute Gasteiger partial charge is 0.508 e. The summed E-state index contributed by atoms with van der Waals surface area (Å²) in [6.45, 7) is 2.40. The number of rotatable bonds is 3. The van der Waals surface area contributed by atoms with Crippen LogP contribution in [0.1, 0.15) is 35.1 Å². The predicted octanol–water partition coefficient (Wildman–Crippen LogP) is 3.51. The topological polar surface area (TPSA) is 127 Å². The summed E-state index contributed by atoms with van der Waals surface area (Å²) in [4.78, 5) is 4.26. The molecule has 3 aromatic rings. The number of fused-ring (bicyclic) bond motifs is 2. The highest BCUT2D eigenvalue weighted by Crippen LogP contribution is 2.52. The van der Waals surface area contributed by atoms with Gasteiger partial charge in [0.15, 0.2) is 0 Å². The highest BCUT2D eigenvalue weighted by Gasteiger charge is 2.35. The molecule has 1 aliphatic rings. The first kappa shape index (κ1) is 17.5. The summed E-state index contributed by atoms with van der Waals surface area (Å²) < 4.78 is 11.7. The maximum absolute atomic E-state index is 9.91. The Morgan fingerprint density at radius 3 is 2.75 bits per heavy atom. The van der Waals surface area contributed by atoms with Gasteiger partial charge in [-0.25, -0.2) is 0 Å². The lowest BCUT2D eigenvalue weighted by Gasteiger charge is -2.30. The normalized spacial score (nSPS) is 14.4. The van der Waals surface area contributed by atoms with E-state index in [0.717, 1.165) is 11.1 Å². The summed E-state index contributed by atoms with van der Waals surface area (Å²) in [6, 6.07) is 14.5. The van der Waals surface area contributed by atoms with Crippen molar-refractivity contribution in [2.24, 2.45) is 0 Å². The van der Waals surface area contributed by atoms with E-state index in [0.29, 0.717) is 23.7 Å². The average molecular weight is 374 g/mol. The van der Waals surface area contributed by atoms with Crippen LogP contribution in [-0.2, 0) is 0 Å². The Kier molecular flexibility index (Phi) is 4.17. The van der Waals surface area contributed by atoms with E-state index >= 15 is 0 Å². The zero-order chi connectivity index (χ0) is 19.8. The van der Waals surface area contributed by atoms with Crippen LogP contribution in [0.4, 0.5) is 11.5 Å². The lowest BCUT2D eigenvalue weighted by molar-refractivity contribution is 0.335. The third-order valence-electron chi connectivity index (χ3n) is 4.71. The lowest BCUT2D eigenvalue weighted by atomic mass is 9.81. The van der Waals surface area contributed by atoms with Crippen molar-refractivity contribution in [2.45, 2.75) is 12.8 Å². The summed E-state index contributed by atoms with van der Waals surface area (Å²) in [5.41, 5.74) is 14.8. The van der Waals surface area contributed by atoms with E-state index in [4.69, 9.17) is 20.9 Å². The van der Waals surface area contributed by atoms with Crippen LogP contribution in [0.5, 0.6) is 23.1 Å². The van der Waals surface area contributed by atoms with Crippen LogP contribution in [0.3, 0.4) is 0 Å². The highest BCUT2D eigenvalue weighted by molar-refractivity contribution is 5.76. The Balaban J connectivity index is 2.05. The Morgan fingerprint density at radius 2 is 2.00 bits per heavy atom. The molecule has 0 aliphatic carbocycles. The quantitative estimate of drug-likeness (QED) is 0.500. The second kappa shape index (κ2) is 6.67. The molecular weight excluding hydrogens is 356 g/mol. The number of nitriles is 1. The number of para-hydroxylation sites is 1. The number of nitrogen functional groups attached to an aromatic ring is 2. The number of phenolic OH excluding ortho intramolecular Hbond substituents is 1. The van der Waals surface area contributed by atoms with Gasteiger partial charge in [-0.15, -0.1) is 0 Å². The summed E-state index contributed by atoms with van der Waals surface area (Å²) in [5, 5.41) is 19.4. The van der Waals surface area contributed by atoms with E-state index in [1.807, 2.05) is 37.3 Å². The van der Waals surface area contributed by atoms with Crippen molar-refractivity contribution < 1.29 is 14.6 Å². The number of aromatic hydroxyl groups is 1. The maximum atomic E-state index is 9.91. The smallest absolute Gasteiger partial charge is 0.227 e. The zero-order valence-corrected chi connectivity index (χ0v) is 15.1. The first-order chi connectivity index (χ1) is 13.5. The molecule has 0 fully saturated rings. The van der Waals surface area contributed by atoms with Gasteiger partial charge >= 0.3 is 0 Å². The van der Waals surface area contributed by atoms with Gasteiger partial charge in [-0.05, 0) is 19.1 Å². The van der Waals surface area contributed by atoms with Crippen molar-refractivity contribution in [3.05, 3.63) is 64.7 Å². The molecular formula is C21H18N4O3. The fraction of sp³-hybridized carbons (Fsp3) is 0.143. The van der Waals surface area contributed by atoms with Gasteiger partial charge in [0, 0.05) is 23.1 Å². The van der Waals surface area contributed by atoms with Gasteiger partial charge in [0.25, 0.3) is 0 Å². The number of nitrogens with zero attached hydrogens (tertiary/aromatic N) is 2. The molecule has 5 N–H and O–H groups in total. The molecule has 0 saturated carbocycles. The summed E-state index contributed by atoms with van der Waals surface area (Å²) in [5.74, 6) is 1.01. The van der Waals surface area contributed by atoms with E-state index in [1.165, 1.54) is 6.07 Å². The summed E-state index contributed by atoms with van der Waals surface area (Å²) >= 11 is 0. The number of pyridine rings is 1. The van der Waals surface area contributed by atoms with Crippen molar-refractivity contribution in [1.82, 2.24) is 4.98 Å². The first-order valence-corrected chi connectivity index (χ1v) is 8.76. The standard InChI is InChI=1S/C21H18N4O3/c1-2-27-15-6-4-3-5-12(15)17-13-8-7-11(26)9-16(13)28-21-18(17)19(23)14(10-22)20(24)25-21/h3-9,17,26H,2H2,1H3,(H4,23,24,25). The molecule has 7 nitrogen and oxygen atoms in total. The van der Waals surface area contributed by atoms with E-state index in [9.17, 15) is 10.4 Å². The van der Waals surface area contributed by atoms with Crippen LogP contribution in [0.25, 0.3) is 0 Å². The van der Waals surface area contributed by atoms with Crippen molar-refractivity contribution >= 4 is 11.5 Å². The summed E-state index contributed by atoms with van der Waals surface area (Å²) in [6.07, 6.45) is 0. The number of benzene rings is 2. The molecule has 28 heavy (non-hydrogen) atoms. The minimum Gasteiger partial charge on any atom is -0.508 e. The van der Waals surface area contributed by atoms with Crippen LogP contribution in [0.2, 0.25) is 0 Å².